The minimum Gasteiger partial charge on any atom is -0.494 e. The van der Waals surface area contributed by atoms with Gasteiger partial charge in [-0.2, -0.15) is 5.10 Å². The van der Waals surface area contributed by atoms with Crippen molar-refractivity contribution in [1.82, 2.24) is 14.6 Å². The number of hydrogen-bond donors (Lipinski definition) is 1. The molecule has 0 amide bonds. The van der Waals surface area contributed by atoms with E-state index in [9.17, 15) is 5.11 Å². The first-order valence-electron chi connectivity index (χ1n) is 6.49. The fourth-order valence-electron chi connectivity index (χ4n) is 2.07. The van der Waals surface area contributed by atoms with Gasteiger partial charge in [-0.05, 0) is 43.3 Å². The van der Waals surface area contributed by atoms with Crippen LogP contribution in [0.5, 0.6) is 5.75 Å². The van der Waals surface area contributed by atoms with Gasteiger partial charge >= 0.3 is 0 Å². The molecule has 0 fully saturated rings. The summed E-state index contributed by atoms with van der Waals surface area (Å²) >= 11 is 0. The number of benzene rings is 1. The van der Waals surface area contributed by atoms with Gasteiger partial charge in [0.15, 0.2) is 5.65 Å². The highest BCUT2D eigenvalue weighted by molar-refractivity contribution is 5.61. The summed E-state index contributed by atoms with van der Waals surface area (Å²) < 4.78 is 7.08. The minimum atomic E-state index is -0.0824. The second-order valence-corrected chi connectivity index (χ2v) is 4.35. The molecule has 0 unspecified atom stereocenters. The maximum absolute atomic E-state index is 9.26. The molecular weight excluding hydrogens is 254 g/mol. The van der Waals surface area contributed by atoms with Gasteiger partial charge in [0, 0.05) is 5.56 Å². The van der Waals surface area contributed by atoms with E-state index in [0.717, 1.165) is 22.7 Å². The topological polar surface area (TPSA) is 59.7 Å². The molecular formula is C15H15N3O2. The van der Waals surface area contributed by atoms with Gasteiger partial charge in [0.1, 0.15) is 5.75 Å². The number of aliphatic hydroxyl groups excluding tert-OH is 1. The first-order chi connectivity index (χ1) is 9.81. The highest BCUT2D eigenvalue weighted by atomic mass is 16.5. The van der Waals surface area contributed by atoms with Crippen molar-refractivity contribution in [3.63, 3.8) is 0 Å². The van der Waals surface area contributed by atoms with Crippen LogP contribution in [0, 0.1) is 0 Å². The Labute approximate surface area is 116 Å². The predicted molar refractivity (Wildman–Crippen MR) is 75.5 cm³/mol. The van der Waals surface area contributed by atoms with E-state index in [2.05, 4.69) is 10.1 Å². The van der Waals surface area contributed by atoms with E-state index >= 15 is 0 Å². The highest BCUT2D eigenvalue weighted by Crippen LogP contribution is 2.21. The molecule has 0 bridgehead atoms. The first-order valence-corrected chi connectivity index (χ1v) is 6.49. The zero-order valence-electron chi connectivity index (χ0n) is 11.2. The third-order valence-electron chi connectivity index (χ3n) is 3.06. The van der Waals surface area contributed by atoms with Crippen LogP contribution in [0.3, 0.4) is 0 Å². The van der Waals surface area contributed by atoms with Crippen molar-refractivity contribution in [1.29, 1.82) is 0 Å². The second-order valence-electron chi connectivity index (χ2n) is 4.35. The number of aliphatic hydroxyl groups is 1. The SMILES string of the molecule is CCOc1ccc(-c2ccc3ncc(CO)n3n2)cc1. The van der Waals surface area contributed by atoms with Gasteiger partial charge in [-0.15, -0.1) is 0 Å². The van der Waals surface area contributed by atoms with Crippen molar-refractivity contribution in [2.45, 2.75) is 13.5 Å². The lowest BCUT2D eigenvalue weighted by Crippen LogP contribution is -1.99. The van der Waals surface area contributed by atoms with Crippen molar-refractivity contribution in [2.24, 2.45) is 0 Å². The Morgan fingerprint density at radius 3 is 2.65 bits per heavy atom. The molecule has 0 saturated heterocycles. The van der Waals surface area contributed by atoms with Gasteiger partial charge in [-0.3, -0.25) is 0 Å². The Morgan fingerprint density at radius 2 is 1.95 bits per heavy atom. The van der Waals surface area contributed by atoms with E-state index in [0.29, 0.717) is 12.3 Å². The third kappa shape index (κ3) is 2.23. The molecule has 0 aliphatic heterocycles. The minimum absolute atomic E-state index is 0.0824. The van der Waals surface area contributed by atoms with Crippen LogP contribution in [0.4, 0.5) is 0 Å². The summed E-state index contributed by atoms with van der Waals surface area (Å²) in [6, 6.07) is 11.6. The first kappa shape index (κ1) is 12.6. The summed E-state index contributed by atoms with van der Waals surface area (Å²) in [6.45, 7) is 2.53. The molecule has 2 heterocycles. The molecule has 0 radical (unpaired) electrons. The molecule has 0 aliphatic rings. The van der Waals surface area contributed by atoms with E-state index in [1.165, 1.54) is 0 Å². The lowest BCUT2D eigenvalue weighted by atomic mass is 10.1. The zero-order chi connectivity index (χ0) is 13.9. The Balaban J connectivity index is 2.00. The van der Waals surface area contributed by atoms with Gasteiger partial charge in [-0.1, -0.05) is 0 Å². The van der Waals surface area contributed by atoms with Gasteiger partial charge in [0.2, 0.25) is 0 Å². The molecule has 1 aromatic carbocycles. The average molecular weight is 269 g/mol. The molecule has 0 atom stereocenters. The van der Waals surface area contributed by atoms with Crippen LogP contribution in [0.1, 0.15) is 12.6 Å². The fraction of sp³-hybridized carbons (Fsp3) is 0.200. The Hall–Kier alpha value is -2.40. The van der Waals surface area contributed by atoms with Crippen LogP contribution in [0.2, 0.25) is 0 Å². The lowest BCUT2D eigenvalue weighted by Gasteiger charge is -2.05. The number of aromatic nitrogens is 3. The number of nitrogens with zero attached hydrogens (tertiary/aromatic N) is 3. The van der Waals surface area contributed by atoms with Crippen LogP contribution >= 0.6 is 0 Å². The quantitative estimate of drug-likeness (QED) is 0.789. The molecule has 102 valence electrons. The number of imidazole rings is 1. The molecule has 5 heteroatoms. The van der Waals surface area contributed by atoms with Crippen LogP contribution in [-0.4, -0.2) is 26.3 Å². The van der Waals surface area contributed by atoms with Gasteiger partial charge in [0.05, 0.1) is 30.8 Å². The summed E-state index contributed by atoms with van der Waals surface area (Å²) in [5, 5.41) is 13.8. The Morgan fingerprint density at radius 1 is 1.15 bits per heavy atom. The van der Waals surface area contributed by atoms with E-state index in [1.54, 1.807) is 10.7 Å². The molecule has 5 nitrogen and oxygen atoms in total. The smallest absolute Gasteiger partial charge is 0.153 e. The molecule has 3 aromatic rings. The van der Waals surface area contributed by atoms with Crippen LogP contribution in [0.15, 0.2) is 42.6 Å². The van der Waals surface area contributed by atoms with Crippen molar-refractivity contribution < 1.29 is 9.84 Å². The van der Waals surface area contributed by atoms with Crippen molar-refractivity contribution >= 4 is 5.65 Å². The van der Waals surface area contributed by atoms with E-state index in [-0.39, 0.29) is 6.61 Å². The summed E-state index contributed by atoms with van der Waals surface area (Å²) in [4.78, 5) is 4.18. The van der Waals surface area contributed by atoms with Gasteiger partial charge in [-0.25, -0.2) is 9.50 Å². The second kappa shape index (κ2) is 5.30. The molecule has 0 saturated carbocycles. The molecule has 20 heavy (non-hydrogen) atoms. The monoisotopic (exact) mass is 269 g/mol. The molecule has 0 spiro atoms. The van der Waals surface area contributed by atoms with Crippen molar-refractivity contribution in [3.8, 4) is 17.0 Å². The summed E-state index contributed by atoms with van der Waals surface area (Å²) in [5.41, 5.74) is 3.22. The van der Waals surface area contributed by atoms with Crippen molar-refractivity contribution in [3.05, 3.63) is 48.3 Å². The normalized spacial score (nSPS) is 10.9. The fourth-order valence-corrected chi connectivity index (χ4v) is 2.07. The summed E-state index contributed by atoms with van der Waals surface area (Å²) in [7, 11) is 0. The standard InChI is InChI=1S/C15H15N3O2/c1-2-20-13-5-3-11(4-6-13)14-7-8-15-16-9-12(10-19)18(15)17-14/h3-9,19H,2,10H2,1H3. The maximum atomic E-state index is 9.26. The molecule has 0 aliphatic carbocycles. The molecule has 1 N–H and O–H groups in total. The Kier molecular flexibility index (Phi) is 3.35. The summed E-state index contributed by atoms with van der Waals surface area (Å²) in [6.07, 6.45) is 1.63. The Bertz CT molecular complexity index is 720. The number of fused-ring (bicyclic) bond motifs is 1. The summed E-state index contributed by atoms with van der Waals surface area (Å²) in [5.74, 6) is 0.844. The van der Waals surface area contributed by atoms with E-state index < -0.39 is 0 Å². The van der Waals surface area contributed by atoms with Crippen LogP contribution in [-0.2, 0) is 6.61 Å². The largest absolute Gasteiger partial charge is 0.494 e. The van der Waals surface area contributed by atoms with Gasteiger partial charge < -0.3 is 9.84 Å². The lowest BCUT2D eigenvalue weighted by molar-refractivity contribution is 0.274. The van der Waals surface area contributed by atoms with Crippen LogP contribution in [0.25, 0.3) is 16.9 Å². The zero-order valence-corrected chi connectivity index (χ0v) is 11.2. The highest BCUT2D eigenvalue weighted by Gasteiger charge is 2.06. The van der Waals surface area contributed by atoms with E-state index in [4.69, 9.17) is 4.74 Å². The van der Waals surface area contributed by atoms with Crippen LogP contribution < -0.4 is 4.74 Å². The number of rotatable bonds is 4. The third-order valence-corrected chi connectivity index (χ3v) is 3.06. The maximum Gasteiger partial charge on any atom is 0.153 e. The number of ether oxygens (including phenoxy) is 1. The van der Waals surface area contributed by atoms with E-state index in [1.807, 2.05) is 43.3 Å². The predicted octanol–water partition coefficient (Wildman–Crippen LogP) is 2.29. The van der Waals surface area contributed by atoms with Crippen molar-refractivity contribution in [2.75, 3.05) is 6.61 Å². The van der Waals surface area contributed by atoms with Gasteiger partial charge in [0.25, 0.3) is 0 Å². The molecule has 3 rings (SSSR count). The average Bonchev–Trinajstić information content (AvgIpc) is 2.90. The number of hydrogen-bond acceptors (Lipinski definition) is 4. The molecule has 2 aromatic heterocycles.